The van der Waals surface area contributed by atoms with Crippen LogP contribution in [0.4, 0.5) is 5.69 Å². The predicted molar refractivity (Wildman–Crippen MR) is 106 cm³/mol. The number of anilines is 1. The van der Waals surface area contributed by atoms with Crippen molar-refractivity contribution in [2.45, 2.75) is 13.8 Å². The molecular formula is C20H23ClN2O4. The molecule has 2 aromatic rings. The topological polar surface area (TPSA) is 67.9 Å². The number of carbonyl (C=O) groups is 2. The number of methoxy groups -OCH3 is 2. The highest BCUT2D eigenvalue weighted by molar-refractivity contribution is 6.32. The summed E-state index contributed by atoms with van der Waals surface area (Å²) in [7, 11) is 2.94. The van der Waals surface area contributed by atoms with Crippen LogP contribution < -0.4 is 14.8 Å². The lowest BCUT2D eigenvalue weighted by molar-refractivity contribution is 0.0772. The van der Waals surface area contributed by atoms with Gasteiger partial charge in [0.1, 0.15) is 0 Å². The molecule has 0 aliphatic heterocycles. The van der Waals surface area contributed by atoms with Gasteiger partial charge in [0.15, 0.2) is 11.5 Å². The molecule has 0 fully saturated rings. The first-order valence-corrected chi connectivity index (χ1v) is 8.95. The van der Waals surface area contributed by atoms with E-state index in [0.717, 1.165) is 0 Å². The normalized spacial score (nSPS) is 10.3. The van der Waals surface area contributed by atoms with E-state index in [1.165, 1.54) is 20.3 Å². The molecule has 6 nitrogen and oxygen atoms in total. The van der Waals surface area contributed by atoms with Gasteiger partial charge in [0, 0.05) is 29.9 Å². The molecule has 0 radical (unpaired) electrons. The molecule has 2 rings (SSSR count). The number of benzene rings is 2. The van der Waals surface area contributed by atoms with Gasteiger partial charge < -0.3 is 19.7 Å². The predicted octanol–water partition coefficient (Wildman–Crippen LogP) is 4.09. The minimum absolute atomic E-state index is 0.0785. The van der Waals surface area contributed by atoms with E-state index in [2.05, 4.69) is 5.32 Å². The first-order chi connectivity index (χ1) is 12.9. The van der Waals surface area contributed by atoms with Gasteiger partial charge in [-0.3, -0.25) is 9.59 Å². The zero-order valence-electron chi connectivity index (χ0n) is 15.8. The van der Waals surface area contributed by atoms with E-state index in [0.29, 0.717) is 41.4 Å². The molecule has 2 amide bonds. The maximum atomic E-state index is 12.6. The Labute approximate surface area is 164 Å². The summed E-state index contributed by atoms with van der Waals surface area (Å²) >= 11 is 6.16. The van der Waals surface area contributed by atoms with Crippen molar-refractivity contribution in [2.75, 3.05) is 32.6 Å². The van der Waals surface area contributed by atoms with Crippen LogP contribution in [0.25, 0.3) is 0 Å². The molecule has 0 saturated carbocycles. The molecule has 0 atom stereocenters. The van der Waals surface area contributed by atoms with Crippen molar-refractivity contribution in [2.24, 2.45) is 0 Å². The third-order valence-electron chi connectivity index (χ3n) is 4.11. The van der Waals surface area contributed by atoms with Crippen LogP contribution in [0, 0.1) is 0 Å². The van der Waals surface area contributed by atoms with Gasteiger partial charge in [-0.1, -0.05) is 17.7 Å². The Balaban J connectivity index is 2.25. The van der Waals surface area contributed by atoms with Crippen LogP contribution in [0.3, 0.4) is 0 Å². The minimum atomic E-state index is -0.370. The van der Waals surface area contributed by atoms with Gasteiger partial charge in [0.2, 0.25) is 0 Å². The molecule has 0 spiro atoms. The van der Waals surface area contributed by atoms with Crippen LogP contribution in [0.15, 0.2) is 36.4 Å². The molecule has 27 heavy (non-hydrogen) atoms. The fraction of sp³-hybridized carbons (Fsp3) is 0.300. The summed E-state index contributed by atoms with van der Waals surface area (Å²) in [4.78, 5) is 26.8. The molecule has 0 heterocycles. The molecule has 0 aliphatic rings. The van der Waals surface area contributed by atoms with Crippen molar-refractivity contribution < 1.29 is 19.1 Å². The number of nitrogens with zero attached hydrogens (tertiary/aromatic N) is 1. The monoisotopic (exact) mass is 390 g/mol. The smallest absolute Gasteiger partial charge is 0.255 e. The van der Waals surface area contributed by atoms with E-state index in [4.69, 9.17) is 21.1 Å². The fourth-order valence-electron chi connectivity index (χ4n) is 2.68. The Kier molecular flexibility index (Phi) is 7.07. The number of hydrogen-bond donors (Lipinski definition) is 1. The van der Waals surface area contributed by atoms with E-state index in [-0.39, 0.29) is 16.8 Å². The van der Waals surface area contributed by atoms with Crippen molar-refractivity contribution in [3.05, 3.63) is 52.5 Å². The van der Waals surface area contributed by atoms with Gasteiger partial charge in [-0.2, -0.15) is 0 Å². The van der Waals surface area contributed by atoms with Gasteiger partial charge in [0.05, 0.1) is 19.2 Å². The molecule has 0 saturated heterocycles. The van der Waals surface area contributed by atoms with E-state index in [1.807, 2.05) is 13.8 Å². The first kappa shape index (κ1) is 20.6. The molecule has 0 aromatic heterocycles. The summed E-state index contributed by atoms with van der Waals surface area (Å²) in [6.07, 6.45) is 0. The summed E-state index contributed by atoms with van der Waals surface area (Å²) in [6, 6.07) is 9.88. The second-order valence-electron chi connectivity index (χ2n) is 5.71. The summed E-state index contributed by atoms with van der Waals surface area (Å²) in [5.41, 5.74) is 1.35. The van der Waals surface area contributed by atoms with Crippen LogP contribution in [-0.4, -0.2) is 44.0 Å². The molecule has 1 N–H and O–H groups in total. The van der Waals surface area contributed by atoms with Crippen molar-refractivity contribution in [3.63, 3.8) is 0 Å². The first-order valence-electron chi connectivity index (χ1n) is 8.57. The Hall–Kier alpha value is -2.73. The summed E-state index contributed by atoms with van der Waals surface area (Å²) in [5, 5.41) is 3.05. The minimum Gasteiger partial charge on any atom is -0.493 e. The third-order valence-corrected chi connectivity index (χ3v) is 4.39. The molecule has 0 unspecified atom stereocenters. The van der Waals surface area contributed by atoms with Crippen LogP contribution in [0.1, 0.15) is 34.6 Å². The lowest BCUT2D eigenvalue weighted by Crippen LogP contribution is -2.30. The average Bonchev–Trinajstić information content (AvgIpc) is 2.68. The number of hydrogen-bond acceptors (Lipinski definition) is 4. The number of carbonyl (C=O) groups excluding carboxylic acids is 2. The SMILES string of the molecule is CCN(CC)C(=O)c1cccc(NC(=O)c2cc(Cl)c(OC)c(OC)c2)c1. The maximum absolute atomic E-state index is 12.6. The van der Waals surface area contributed by atoms with Gasteiger partial charge in [-0.15, -0.1) is 0 Å². The van der Waals surface area contributed by atoms with Gasteiger partial charge in [0.25, 0.3) is 11.8 Å². The Morgan fingerprint density at radius 1 is 1.04 bits per heavy atom. The summed E-state index contributed by atoms with van der Waals surface area (Å²) in [6.45, 7) is 5.09. The third kappa shape index (κ3) is 4.71. The van der Waals surface area contributed by atoms with E-state index in [1.54, 1.807) is 35.2 Å². The quantitative estimate of drug-likeness (QED) is 0.773. The standard InChI is InChI=1S/C20H23ClN2O4/c1-5-23(6-2)20(25)13-8-7-9-15(10-13)22-19(24)14-11-16(21)18(27-4)17(12-14)26-3/h7-12H,5-6H2,1-4H3,(H,22,24). The highest BCUT2D eigenvalue weighted by Gasteiger charge is 2.17. The molecule has 2 aromatic carbocycles. The van der Waals surface area contributed by atoms with Gasteiger partial charge in [-0.05, 0) is 44.2 Å². The average molecular weight is 391 g/mol. The van der Waals surface area contributed by atoms with Crippen molar-refractivity contribution in [1.29, 1.82) is 0 Å². The number of nitrogens with one attached hydrogen (secondary N) is 1. The molecular weight excluding hydrogens is 368 g/mol. The Bertz CT molecular complexity index is 835. The largest absolute Gasteiger partial charge is 0.493 e. The zero-order valence-corrected chi connectivity index (χ0v) is 16.6. The van der Waals surface area contributed by atoms with Crippen LogP contribution in [-0.2, 0) is 0 Å². The number of ether oxygens (including phenoxy) is 2. The van der Waals surface area contributed by atoms with E-state index >= 15 is 0 Å². The second kappa shape index (κ2) is 9.28. The van der Waals surface area contributed by atoms with Gasteiger partial charge >= 0.3 is 0 Å². The molecule has 0 bridgehead atoms. The summed E-state index contributed by atoms with van der Waals surface area (Å²) in [5.74, 6) is 0.277. The number of halogens is 1. The number of amides is 2. The van der Waals surface area contributed by atoms with Crippen LogP contribution in [0.2, 0.25) is 5.02 Å². The van der Waals surface area contributed by atoms with Crippen molar-refractivity contribution in [1.82, 2.24) is 4.90 Å². The highest BCUT2D eigenvalue weighted by atomic mass is 35.5. The van der Waals surface area contributed by atoms with Crippen molar-refractivity contribution in [3.8, 4) is 11.5 Å². The summed E-state index contributed by atoms with van der Waals surface area (Å²) < 4.78 is 10.4. The van der Waals surface area contributed by atoms with Crippen LogP contribution >= 0.6 is 11.6 Å². The number of rotatable bonds is 7. The molecule has 7 heteroatoms. The molecule has 144 valence electrons. The maximum Gasteiger partial charge on any atom is 0.255 e. The second-order valence-corrected chi connectivity index (χ2v) is 6.11. The van der Waals surface area contributed by atoms with Gasteiger partial charge in [-0.25, -0.2) is 0 Å². The Morgan fingerprint density at radius 3 is 2.33 bits per heavy atom. The zero-order chi connectivity index (χ0) is 20.0. The van der Waals surface area contributed by atoms with E-state index < -0.39 is 0 Å². The fourth-order valence-corrected chi connectivity index (χ4v) is 2.96. The molecule has 0 aliphatic carbocycles. The lowest BCUT2D eigenvalue weighted by atomic mass is 10.1. The lowest BCUT2D eigenvalue weighted by Gasteiger charge is -2.19. The van der Waals surface area contributed by atoms with E-state index in [9.17, 15) is 9.59 Å². The highest BCUT2D eigenvalue weighted by Crippen LogP contribution is 2.36. The van der Waals surface area contributed by atoms with Crippen LogP contribution in [0.5, 0.6) is 11.5 Å². The Morgan fingerprint density at radius 2 is 1.74 bits per heavy atom. The van der Waals surface area contributed by atoms with Crippen molar-refractivity contribution >= 4 is 29.1 Å².